The van der Waals surface area contributed by atoms with Gasteiger partial charge in [-0.25, -0.2) is 4.98 Å². The van der Waals surface area contributed by atoms with Gasteiger partial charge in [0, 0.05) is 18.0 Å². The van der Waals surface area contributed by atoms with Crippen LogP contribution in [-0.2, 0) is 10.3 Å². The summed E-state index contributed by atoms with van der Waals surface area (Å²) < 4.78 is 0. The molecule has 1 aromatic rings. The van der Waals surface area contributed by atoms with Crippen LogP contribution in [0.1, 0.15) is 51.0 Å². The Hall–Kier alpha value is -0.940. The summed E-state index contributed by atoms with van der Waals surface area (Å²) in [5.41, 5.74) is 5.05. The Labute approximate surface area is 113 Å². The molecule has 5 heteroatoms. The van der Waals surface area contributed by atoms with Gasteiger partial charge in [-0.15, -0.1) is 11.3 Å². The number of rotatable bonds is 8. The standard InChI is InChI=1S/C13H23N3OS/c1-13(2,12-15-9-10-18-12)16-11(17)7-5-3-4-6-8-14/h9-10H,3-8,14H2,1-2H3,(H,16,17). The number of carbonyl (C=O) groups excluding carboxylic acids is 1. The molecule has 0 unspecified atom stereocenters. The van der Waals surface area contributed by atoms with Gasteiger partial charge < -0.3 is 11.1 Å². The molecule has 0 bridgehead atoms. The number of nitrogens with one attached hydrogen (secondary N) is 1. The minimum atomic E-state index is -0.373. The predicted molar refractivity (Wildman–Crippen MR) is 75.4 cm³/mol. The van der Waals surface area contributed by atoms with Gasteiger partial charge in [0.1, 0.15) is 5.01 Å². The van der Waals surface area contributed by atoms with Gasteiger partial charge in [0.25, 0.3) is 0 Å². The van der Waals surface area contributed by atoms with E-state index in [0.717, 1.165) is 37.2 Å². The van der Waals surface area contributed by atoms with Gasteiger partial charge in [0.05, 0.1) is 5.54 Å². The first-order valence-electron chi connectivity index (χ1n) is 6.47. The normalized spacial score (nSPS) is 11.5. The summed E-state index contributed by atoms with van der Waals surface area (Å²) in [5, 5.41) is 5.90. The molecule has 0 aliphatic heterocycles. The summed E-state index contributed by atoms with van der Waals surface area (Å²) in [5.74, 6) is 0.1000. The molecule has 4 nitrogen and oxygen atoms in total. The second kappa shape index (κ2) is 7.48. The number of unbranched alkanes of at least 4 members (excludes halogenated alkanes) is 3. The lowest BCUT2D eigenvalue weighted by Gasteiger charge is -2.23. The van der Waals surface area contributed by atoms with E-state index in [9.17, 15) is 4.79 Å². The molecule has 3 N–H and O–H groups in total. The van der Waals surface area contributed by atoms with Crippen LogP contribution in [0.3, 0.4) is 0 Å². The molecule has 0 spiro atoms. The highest BCUT2D eigenvalue weighted by Crippen LogP contribution is 2.22. The fourth-order valence-electron chi connectivity index (χ4n) is 1.78. The fourth-order valence-corrected chi connectivity index (χ4v) is 2.50. The molecule has 0 fully saturated rings. The van der Waals surface area contributed by atoms with Crippen LogP contribution in [0.15, 0.2) is 11.6 Å². The van der Waals surface area contributed by atoms with Gasteiger partial charge in [0.2, 0.25) is 5.91 Å². The number of aromatic nitrogens is 1. The summed E-state index contributed by atoms with van der Waals surface area (Å²) in [4.78, 5) is 16.1. The molecule has 0 atom stereocenters. The zero-order valence-corrected chi connectivity index (χ0v) is 12.1. The monoisotopic (exact) mass is 269 g/mol. The third-order valence-electron chi connectivity index (χ3n) is 2.78. The molecule has 1 rings (SSSR count). The van der Waals surface area contributed by atoms with Crippen molar-refractivity contribution in [3.8, 4) is 0 Å². The van der Waals surface area contributed by atoms with Crippen molar-refractivity contribution < 1.29 is 4.79 Å². The zero-order chi connectivity index (χ0) is 13.4. The first-order chi connectivity index (χ1) is 8.56. The highest BCUT2D eigenvalue weighted by Gasteiger charge is 2.24. The topological polar surface area (TPSA) is 68.0 Å². The minimum absolute atomic E-state index is 0.1000. The van der Waals surface area contributed by atoms with E-state index in [-0.39, 0.29) is 11.4 Å². The Balaban J connectivity index is 2.27. The lowest BCUT2D eigenvalue weighted by molar-refractivity contribution is -0.122. The van der Waals surface area contributed by atoms with Crippen LogP contribution in [0.25, 0.3) is 0 Å². The van der Waals surface area contributed by atoms with E-state index in [1.54, 1.807) is 17.5 Å². The molecular formula is C13H23N3OS. The molecule has 0 saturated heterocycles. The number of hydrogen-bond donors (Lipinski definition) is 2. The van der Waals surface area contributed by atoms with Crippen molar-refractivity contribution >= 4 is 17.2 Å². The third kappa shape index (κ3) is 5.14. The van der Waals surface area contributed by atoms with E-state index in [1.165, 1.54) is 0 Å². The maximum atomic E-state index is 11.8. The van der Waals surface area contributed by atoms with Crippen molar-refractivity contribution in [2.45, 2.75) is 51.5 Å². The number of nitrogens with zero attached hydrogens (tertiary/aromatic N) is 1. The molecule has 1 heterocycles. The molecular weight excluding hydrogens is 246 g/mol. The van der Waals surface area contributed by atoms with Crippen molar-refractivity contribution in [2.24, 2.45) is 5.73 Å². The van der Waals surface area contributed by atoms with Crippen LogP contribution in [0, 0.1) is 0 Å². The smallest absolute Gasteiger partial charge is 0.220 e. The number of hydrogen-bond acceptors (Lipinski definition) is 4. The maximum Gasteiger partial charge on any atom is 0.220 e. The lowest BCUT2D eigenvalue weighted by atomic mass is 10.1. The number of carbonyl (C=O) groups is 1. The van der Waals surface area contributed by atoms with Gasteiger partial charge in [-0.05, 0) is 33.2 Å². The second-order valence-corrected chi connectivity index (χ2v) is 5.86. The molecule has 1 aromatic heterocycles. The average molecular weight is 269 g/mol. The highest BCUT2D eigenvalue weighted by molar-refractivity contribution is 7.09. The Bertz CT molecular complexity index is 349. The summed E-state index contributed by atoms with van der Waals surface area (Å²) in [6.45, 7) is 4.71. The van der Waals surface area contributed by atoms with Crippen molar-refractivity contribution in [1.29, 1.82) is 0 Å². The summed E-state index contributed by atoms with van der Waals surface area (Å²) >= 11 is 1.57. The van der Waals surface area contributed by atoms with Crippen LogP contribution in [-0.4, -0.2) is 17.4 Å². The van der Waals surface area contributed by atoms with E-state index >= 15 is 0 Å². The van der Waals surface area contributed by atoms with E-state index in [0.29, 0.717) is 6.42 Å². The average Bonchev–Trinajstić information content (AvgIpc) is 2.82. The van der Waals surface area contributed by atoms with Gasteiger partial charge >= 0.3 is 0 Å². The van der Waals surface area contributed by atoms with Gasteiger partial charge in [-0.1, -0.05) is 12.8 Å². The molecule has 102 valence electrons. The van der Waals surface area contributed by atoms with E-state index < -0.39 is 0 Å². The zero-order valence-electron chi connectivity index (χ0n) is 11.2. The predicted octanol–water partition coefficient (Wildman–Crippen LogP) is 2.40. The van der Waals surface area contributed by atoms with Gasteiger partial charge in [-0.2, -0.15) is 0 Å². The molecule has 0 aliphatic carbocycles. The van der Waals surface area contributed by atoms with Crippen molar-refractivity contribution in [3.05, 3.63) is 16.6 Å². The van der Waals surface area contributed by atoms with E-state index in [1.807, 2.05) is 19.2 Å². The second-order valence-electron chi connectivity index (χ2n) is 4.96. The molecule has 0 radical (unpaired) electrons. The van der Waals surface area contributed by atoms with Crippen LogP contribution in [0.4, 0.5) is 0 Å². The first kappa shape index (κ1) is 15.1. The highest BCUT2D eigenvalue weighted by atomic mass is 32.1. The summed E-state index contributed by atoms with van der Waals surface area (Å²) in [6.07, 6.45) is 6.51. The van der Waals surface area contributed by atoms with Crippen LogP contribution >= 0.6 is 11.3 Å². The first-order valence-corrected chi connectivity index (χ1v) is 7.35. The quantitative estimate of drug-likeness (QED) is 0.712. The molecule has 1 amide bonds. The number of nitrogens with two attached hydrogens (primary N) is 1. The van der Waals surface area contributed by atoms with Crippen molar-refractivity contribution in [1.82, 2.24) is 10.3 Å². The van der Waals surface area contributed by atoms with E-state index in [2.05, 4.69) is 10.3 Å². The van der Waals surface area contributed by atoms with Crippen molar-refractivity contribution in [3.63, 3.8) is 0 Å². The largest absolute Gasteiger partial charge is 0.345 e. The fraction of sp³-hybridized carbons (Fsp3) is 0.692. The van der Waals surface area contributed by atoms with Gasteiger partial charge in [-0.3, -0.25) is 4.79 Å². The molecule has 0 aliphatic rings. The maximum absolute atomic E-state index is 11.8. The van der Waals surface area contributed by atoms with Crippen LogP contribution < -0.4 is 11.1 Å². The third-order valence-corrected chi connectivity index (χ3v) is 3.87. The summed E-state index contributed by atoms with van der Waals surface area (Å²) in [7, 11) is 0. The van der Waals surface area contributed by atoms with Gasteiger partial charge in [0.15, 0.2) is 0 Å². The summed E-state index contributed by atoms with van der Waals surface area (Å²) in [6, 6.07) is 0. The van der Waals surface area contributed by atoms with Crippen LogP contribution in [0.2, 0.25) is 0 Å². The van der Waals surface area contributed by atoms with Crippen molar-refractivity contribution in [2.75, 3.05) is 6.54 Å². The van der Waals surface area contributed by atoms with Crippen LogP contribution in [0.5, 0.6) is 0 Å². The Morgan fingerprint density at radius 1 is 1.39 bits per heavy atom. The Morgan fingerprint density at radius 2 is 2.11 bits per heavy atom. The number of amides is 1. The molecule has 0 saturated carbocycles. The SMILES string of the molecule is CC(C)(NC(=O)CCCCCCN)c1nccs1. The Morgan fingerprint density at radius 3 is 2.72 bits per heavy atom. The molecule has 18 heavy (non-hydrogen) atoms. The van der Waals surface area contributed by atoms with E-state index in [4.69, 9.17) is 5.73 Å². The minimum Gasteiger partial charge on any atom is -0.345 e. The lowest BCUT2D eigenvalue weighted by Crippen LogP contribution is -2.40. The molecule has 0 aromatic carbocycles. The Kier molecular flexibility index (Phi) is 6.29. The number of thiazole rings is 1.